The first-order chi connectivity index (χ1) is 10.5. The number of hydrogen-bond acceptors (Lipinski definition) is 3. The van der Waals surface area contributed by atoms with Gasteiger partial charge in [0, 0.05) is 25.2 Å². The third kappa shape index (κ3) is 3.30. The summed E-state index contributed by atoms with van der Waals surface area (Å²) in [6, 6.07) is 7.09. The van der Waals surface area contributed by atoms with Crippen molar-refractivity contribution < 1.29 is 9.13 Å². The fraction of sp³-hybridized carbons (Fsp3) is 0.471. The summed E-state index contributed by atoms with van der Waals surface area (Å²) in [7, 11) is 1.90. The topological polar surface area (TPSA) is 53.1 Å². The molecule has 2 rings (SSSR count). The second-order valence-electron chi connectivity index (χ2n) is 5.68. The lowest BCUT2D eigenvalue weighted by Crippen LogP contribution is -2.17. The molecule has 120 valence electrons. The summed E-state index contributed by atoms with van der Waals surface area (Å²) < 4.78 is 21.2. The molecule has 2 N–H and O–H groups in total. The zero-order chi connectivity index (χ0) is 16.3. The minimum absolute atomic E-state index is 0.0878. The Balaban J connectivity index is 2.38. The van der Waals surface area contributed by atoms with Crippen molar-refractivity contribution in [2.24, 2.45) is 12.8 Å². The van der Waals surface area contributed by atoms with Gasteiger partial charge in [-0.15, -0.1) is 0 Å². The van der Waals surface area contributed by atoms with Crippen LogP contribution in [0.1, 0.15) is 49.6 Å². The lowest BCUT2D eigenvalue weighted by molar-refractivity contribution is 0.321. The van der Waals surface area contributed by atoms with Crippen LogP contribution in [0.5, 0.6) is 5.75 Å². The van der Waals surface area contributed by atoms with E-state index in [1.807, 2.05) is 24.7 Å². The summed E-state index contributed by atoms with van der Waals surface area (Å²) in [6.07, 6.45) is 0. The van der Waals surface area contributed by atoms with Gasteiger partial charge in [-0.2, -0.15) is 5.10 Å². The highest BCUT2D eigenvalue weighted by Gasteiger charge is 2.20. The van der Waals surface area contributed by atoms with Gasteiger partial charge < -0.3 is 10.5 Å². The summed E-state index contributed by atoms with van der Waals surface area (Å²) in [5.74, 6) is 0.171. The normalized spacial score (nSPS) is 12.7. The number of halogens is 1. The molecule has 0 saturated carbocycles. The van der Waals surface area contributed by atoms with Crippen molar-refractivity contribution in [2.45, 2.75) is 32.6 Å². The lowest BCUT2D eigenvalue weighted by Gasteiger charge is -2.16. The van der Waals surface area contributed by atoms with E-state index in [0.29, 0.717) is 19.1 Å². The fourth-order valence-corrected chi connectivity index (χ4v) is 2.55. The molecule has 0 aliphatic heterocycles. The second-order valence-corrected chi connectivity index (χ2v) is 5.68. The van der Waals surface area contributed by atoms with Crippen LogP contribution in [0.15, 0.2) is 24.3 Å². The third-order valence-electron chi connectivity index (χ3n) is 3.78. The van der Waals surface area contributed by atoms with E-state index in [1.165, 1.54) is 6.07 Å². The Labute approximate surface area is 131 Å². The first-order valence-electron chi connectivity index (χ1n) is 7.64. The molecule has 0 bridgehead atoms. The van der Waals surface area contributed by atoms with Gasteiger partial charge in [0.05, 0.1) is 12.3 Å². The van der Waals surface area contributed by atoms with Crippen LogP contribution in [-0.2, 0) is 7.05 Å². The van der Waals surface area contributed by atoms with Crippen LogP contribution in [0.25, 0.3) is 0 Å². The number of rotatable bonds is 6. The first kappa shape index (κ1) is 16.5. The van der Waals surface area contributed by atoms with Crippen molar-refractivity contribution >= 4 is 0 Å². The van der Waals surface area contributed by atoms with E-state index in [0.717, 1.165) is 17.0 Å². The molecule has 0 spiro atoms. The molecule has 1 atom stereocenters. The van der Waals surface area contributed by atoms with Crippen LogP contribution in [0.4, 0.5) is 4.39 Å². The van der Waals surface area contributed by atoms with Gasteiger partial charge in [0.25, 0.3) is 0 Å². The first-order valence-corrected chi connectivity index (χ1v) is 7.64. The average Bonchev–Trinajstić information content (AvgIpc) is 2.85. The van der Waals surface area contributed by atoms with Crippen LogP contribution < -0.4 is 10.5 Å². The largest absolute Gasteiger partial charge is 0.491 e. The van der Waals surface area contributed by atoms with Crippen LogP contribution in [0, 0.1) is 5.82 Å². The maximum Gasteiger partial charge on any atom is 0.165 e. The molecule has 22 heavy (non-hydrogen) atoms. The van der Waals surface area contributed by atoms with E-state index in [4.69, 9.17) is 10.5 Å². The van der Waals surface area contributed by atoms with Gasteiger partial charge in [0.2, 0.25) is 0 Å². The minimum atomic E-state index is -0.357. The Morgan fingerprint density at radius 2 is 2.05 bits per heavy atom. The number of aryl methyl sites for hydroxylation is 1. The summed E-state index contributed by atoms with van der Waals surface area (Å²) in [6.45, 7) is 6.86. The number of hydrogen-bond donors (Lipinski definition) is 1. The number of nitrogens with zero attached hydrogens (tertiary/aromatic N) is 2. The highest BCUT2D eigenvalue weighted by Crippen LogP contribution is 2.29. The molecule has 0 amide bonds. The molecule has 1 aromatic carbocycles. The van der Waals surface area contributed by atoms with Crippen molar-refractivity contribution in [3.63, 3.8) is 0 Å². The van der Waals surface area contributed by atoms with Crippen molar-refractivity contribution in [1.82, 2.24) is 9.78 Å². The summed E-state index contributed by atoms with van der Waals surface area (Å²) in [5.41, 5.74) is 8.79. The standard InChI is InChI=1S/C17H24FN3O/c1-5-22-17-7-6-12(8-14(17)18)13(10-19)16-9-15(11(2)3)20-21(16)4/h6-9,11,13H,5,10,19H2,1-4H3. The van der Waals surface area contributed by atoms with E-state index < -0.39 is 0 Å². The van der Waals surface area contributed by atoms with Crippen molar-refractivity contribution in [3.8, 4) is 5.75 Å². The number of benzene rings is 1. The van der Waals surface area contributed by atoms with Gasteiger partial charge in [0.1, 0.15) is 0 Å². The minimum Gasteiger partial charge on any atom is -0.491 e. The van der Waals surface area contributed by atoms with E-state index in [-0.39, 0.29) is 17.5 Å². The molecule has 0 radical (unpaired) electrons. The monoisotopic (exact) mass is 305 g/mol. The number of aromatic nitrogens is 2. The molecular weight excluding hydrogens is 281 g/mol. The Kier molecular flexibility index (Phi) is 5.19. The van der Waals surface area contributed by atoms with Crippen LogP contribution in [-0.4, -0.2) is 22.9 Å². The van der Waals surface area contributed by atoms with Gasteiger partial charge in [-0.05, 0) is 36.6 Å². The van der Waals surface area contributed by atoms with Crippen molar-refractivity contribution in [3.05, 3.63) is 47.0 Å². The SMILES string of the molecule is CCOc1ccc(C(CN)c2cc(C(C)C)nn2C)cc1F. The molecular formula is C17H24FN3O. The van der Waals surface area contributed by atoms with Gasteiger partial charge in [-0.25, -0.2) is 4.39 Å². The van der Waals surface area contributed by atoms with Crippen LogP contribution in [0.2, 0.25) is 0 Å². The highest BCUT2D eigenvalue weighted by atomic mass is 19.1. The van der Waals surface area contributed by atoms with Crippen molar-refractivity contribution in [2.75, 3.05) is 13.2 Å². The van der Waals surface area contributed by atoms with Crippen LogP contribution >= 0.6 is 0 Å². The fourth-order valence-electron chi connectivity index (χ4n) is 2.55. The Morgan fingerprint density at radius 1 is 1.32 bits per heavy atom. The molecule has 0 aliphatic carbocycles. The molecule has 0 saturated heterocycles. The maximum absolute atomic E-state index is 14.1. The average molecular weight is 305 g/mol. The van der Waals surface area contributed by atoms with E-state index >= 15 is 0 Å². The van der Waals surface area contributed by atoms with Gasteiger partial charge in [0.15, 0.2) is 11.6 Å². The third-order valence-corrected chi connectivity index (χ3v) is 3.78. The van der Waals surface area contributed by atoms with E-state index in [1.54, 1.807) is 6.07 Å². The predicted octanol–water partition coefficient (Wildman–Crippen LogP) is 3.17. The number of ether oxygens (including phenoxy) is 1. The van der Waals surface area contributed by atoms with E-state index in [9.17, 15) is 4.39 Å². The summed E-state index contributed by atoms with van der Waals surface area (Å²) >= 11 is 0. The zero-order valence-electron chi connectivity index (χ0n) is 13.6. The molecule has 0 fully saturated rings. The van der Waals surface area contributed by atoms with Crippen LogP contribution in [0.3, 0.4) is 0 Å². The van der Waals surface area contributed by atoms with Gasteiger partial charge in [-0.1, -0.05) is 19.9 Å². The lowest BCUT2D eigenvalue weighted by atomic mass is 9.94. The van der Waals surface area contributed by atoms with Gasteiger partial charge in [-0.3, -0.25) is 4.68 Å². The maximum atomic E-state index is 14.1. The molecule has 5 heteroatoms. The Morgan fingerprint density at radius 3 is 2.55 bits per heavy atom. The molecule has 2 aromatic rings. The molecule has 0 aliphatic rings. The molecule has 1 aromatic heterocycles. The smallest absolute Gasteiger partial charge is 0.165 e. The number of nitrogens with two attached hydrogens (primary N) is 1. The highest BCUT2D eigenvalue weighted by molar-refractivity contribution is 5.36. The second kappa shape index (κ2) is 6.92. The molecule has 1 heterocycles. The molecule has 1 unspecified atom stereocenters. The quantitative estimate of drug-likeness (QED) is 0.892. The van der Waals surface area contributed by atoms with E-state index in [2.05, 4.69) is 25.0 Å². The Hall–Kier alpha value is -1.88. The molecule has 4 nitrogen and oxygen atoms in total. The zero-order valence-corrected chi connectivity index (χ0v) is 13.6. The predicted molar refractivity (Wildman–Crippen MR) is 85.8 cm³/mol. The summed E-state index contributed by atoms with van der Waals surface area (Å²) in [4.78, 5) is 0. The van der Waals surface area contributed by atoms with Crippen molar-refractivity contribution in [1.29, 1.82) is 0 Å². The Bertz CT molecular complexity index is 637. The summed E-state index contributed by atoms with van der Waals surface area (Å²) in [5, 5.41) is 4.52. The van der Waals surface area contributed by atoms with Gasteiger partial charge >= 0.3 is 0 Å².